The van der Waals surface area contributed by atoms with Crippen LogP contribution in [0.5, 0.6) is 0 Å². The number of ether oxygens (including phenoxy) is 1. The largest absolute Gasteiger partial charge is 0.444 e. The Balaban J connectivity index is 2.11. The molecule has 1 amide bonds. The molecule has 2 rings (SSSR count). The van der Waals surface area contributed by atoms with Crippen LogP contribution >= 0.6 is 0 Å². The van der Waals surface area contributed by atoms with Crippen molar-refractivity contribution in [2.75, 3.05) is 11.4 Å². The lowest BCUT2D eigenvalue weighted by Gasteiger charge is -2.14. The SMILES string of the molecule is Cc1ccc(N2CC(CC(C)S(=O)(=O)O)OC2=O)cc1F. The standard InChI is InChI=1S/C13H16FNO5S/c1-8-3-4-10(6-12(8)14)15-7-11(20-13(15)16)5-9(2)21(17,18)19/h3-4,6,9,11H,5,7H2,1-2H3,(H,17,18,19). The Labute approximate surface area is 122 Å². The summed E-state index contributed by atoms with van der Waals surface area (Å²) in [4.78, 5) is 13.0. The van der Waals surface area contributed by atoms with Crippen LogP contribution in [0.4, 0.5) is 14.9 Å². The molecule has 1 aromatic carbocycles. The summed E-state index contributed by atoms with van der Waals surface area (Å²) in [5, 5.41) is -1.04. The molecular formula is C13H16FNO5S. The second-order valence-corrected chi connectivity index (χ2v) is 6.95. The number of rotatable bonds is 4. The second kappa shape index (κ2) is 5.61. The van der Waals surface area contributed by atoms with E-state index in [9.17, 15) is 17.6 Å². The van der Waals surface area contributed by atoms with Crippen molar-refractivity contribution in [3.8, 4) is 0 Å². The average Bonchev–Trinajstić information content (AvgIpc) is 2.72. The molecule has 1 heterocycles. The lowest BCUT2D eigenvalue weighted by Crippen LogP contribution is -2.27. The van der Waals surface area contributed by atoms with E-state index in [2.05, 4.69) is 0 Å². The quantitative estimate of drug-likeness (QED) is 0.860. The minimum absolute atomic E-state index is 0.0184. The fourth-order valence-electron chi connectivity index (χ4n) is 2.10. The molecule has 1 aromatic rings. The maximum atomic E-state index is 13.5. The molecule has 2 unspecified atom stereocenters. The van der Waals surface area contributed by atoms with Crippen LogP contribution < -0.4 is 4.90 Å². The minimum atomic E-state index is -4.17. The lowest BCUT2D eigenvalue weighted by atomic mass is 10.2. The zero-order chi connectivity index (χ0) is 15.8. The number of benzene rings is 1. The first kappa shape index (κ1) is 15.7. The molecular weight excluding hydrogens is 301 g/mol. The Morgan fingerprint density at radius 1 is 1.52 bits per heavy atom. The Bertz CT molecular complexity index is 661. The molecule has 6 nitrogen and oxygen atoms in total. The van der Waals surface area contributed by atoms with Crippen LogP contribution in [-0.2, 0) is 14.9 Å². The van der Waals surface area contributed by atoms with E-state index in [1.54, 1.807) is 19.1 Å². The van der Waals surface area contributed by atoms with Gasteiger partial charge in [0.05, 0.1) is 17.5 Å². The summed E-state index contributed by atoms with van der Waals surface area (Å²) in [5.74, 6) is -0.435. The number of anilines is 1. The van der Waals surface area contributed by atoms with Crippen molar-refractivity contribution in [1.29, 1.82) is 0 Å². The number of halogens is 1. The molecule has 116 valence electrons. The fourth-order valence-corrected chi connectivity index (χ4v) is 2.55. The third-order valence-corrected chi connectivity index (χ3v) is 4.65. The predicted molar refractivity (Wildman–Crippen MR) is 74.4 cm³/mol. The van der Waals surface area contributed by atoms with Gasteiger partial charge in [-0.15, -0.1) is 0 Å². The van der Waals surface area contributed by atoms with Crippen LogP contribution in [0.25, 0.3) is 0 Å². The molecule has 0 radical (unpaired) electrons. The highest BCUT2D eigenvalue weighted by atomic mass is 32.2. The van der Waals surface area contributed by atoms with E-state index in [0.29, 0.717) is 11.3 Å². The van der Waals surface area contributed by atoms with E-state index in [4.69, 9.17) is 9.29 Å². The van der Waals surface area contributed by atoms with Crippen LogP contribution in [0.2, 0.25) is 0 Å². The van der Waals surface area contributed by atoms with Gasteiger partial charge in [0, 0.05) is 6.42 Å². The number of aryl methyl sites for hydroxylation is 1. The predicted octanol–water partition coefficient (Wildman–Crippen LogP) is 2.13. The van der Waals surface area contributed by atoms with Gasteiger partial charge in [-0.25, -0.2) is 9.18 Å². The van der Waals surface area contributed by atoms with Crippen LogP contribution in [-0.4, -0.2) is 37.0 Å². The molecule has 8 heteroatoms. The molecule has 1 aliphatic rings. The van der Waals surface area contributed by atoms with Gasteiger partial charge >= 0.3 is 6.09 Å². The van der Waals surface area contributed by atoms with Gasteiger partial charge in [0.2, 0.25) is 0 Å². The van der Waals surface area contributed by atoms with Crippen LogP contribution in [0.15, 0.2) is 18.2 Å². The van der Waals surface area contributed by atoms with Gasteiger partial charge in [-0.2, -0.15) is 8.42 Å². The molecule has 1 fully saturated rings. The van der Waals surface area contributed by atoms with Crippen molar-refractivity contribution in [3.05, 3.63) is 29.6 Å². The Hall–Kier alpha value is -1.67. The van der Waals surface area contributed by atoms with Gasteiger partial charge in [0.15, 0.2) is 0 Å². The van der Waals surface area contributed by atoms with E-state index in [1.165, 1.54) is 17.9 Å². The summed E-state index contributed by atoms with van der Waals surface area (Å²) in [6.07, 6.45) is -1.35. The Kier molecular flexibility index (Phi) is 4.20. The number of nitrogens with zero attached hydrogens (tertiary/aromatic N) is 1. The summed E-state index contributed by atoms with van der Waals surface area (Å²) < 4.78 is 49.5. The number of cyclic esters (lactones) is 1. The van der Waals surface area contributed by atoms with Crippen LogP contribution in [0.1, 0.15) is 18.9 Å². The van der Waals surface area contributed by atoms with E-state index in [0.717, 1.165) is 0 Å². The third-order valence-electron chi connectivity index (χ3n) is 3.44. The molecule has 0 aromatic heterocycles. The van der Waals surface area contributed by atoms with E-state index < -0.39 is 33.4 Å². The topological polar surface area (TPSA) is 83.9 Å². The number of hydrogen-bond acceptors (Lipinski definition) is 4. The van der Waals surface area contributed by atoms with Gasteiger partial charge < -0.3 is 4.74 Å². The molecule has 0 saturated carbocycles. The highest BCUT2D eigenvalue weighted by molar-refractivity contribution is 7.86. The van der Waals surface area contributed by atoms with Crippen molar-refractivity contribution >= 4 is 21.9 Å². The molecule has 1 N–H and O–H groups in total. The summed E-state index contributed by atoms with van der Waals surface area (Å²) >= 11 is 0. The number of hydrogen-bond donors (Lipinski definition) is 1. The average molecular weight is 317 g/mol. The van der Waals surface area contributed by atoms with Crippen molar-refractivity contribution in [1.82, 2.24) is 0 Å². The minimum Gasteiger partial charge on any atom is -0.444 e. The van der Waals surface area contributed by atoms with Crippen LogP contribution in [0, 0.1) is 12.7 Å². The monoisotopic (exact) mass is 317 g/mol. The second-order valence-electron chi connectivity index (χ2n) is 5.11. The molecule has 2 atom stereocenters. The van der Waals surface area contributed by atoms with E-state index in [1.807, 2.05) is 0 Å². The maximum absolute atomic E-state index is 13.5. The lowest BCUT2D eigenvalue weighted by molar-refractivity contribution is 0.136. The van der Waals surface area contributed by atoms with Gasteiger partial charge in [-0.3, -0.25) is 9.45 Å². The van der Waals surface area contributed by atoms with E-state index in [-0.39, 0.29) is 13.0 Å². The summed E-state index contributed by atoms with van der Waals surface area (Å²) in [6.45, 7) is 3.05. The highest BCUT2D eigenvalue weighted by Gasteiger charge is 2.35. The Morgan fingerprint density at radius 3 is 2.76 bits per heavy atom. The number of carbonyl (C=O) groups is 1. The van der Waals surface area contributed by atoms with Crippen LogP contribution in [0.3, 0.4) is 0 Å². The highest BCUT2D eigenvalue weighted by Crippen LogP contribution is 2.26. The zero-order valence-electron chi connectivity index (χ0n) is 11.6. The summed E-state index contributed by atoms with van der Waals surface area (Å²) in [7, 11) is -4.17. The first-order chi connectivity index (χ1) is 9.68. The van der Waals surface area contributed by atoms with Crippen molar-refractivity contribution in [2.45, 2.75) is 31.6 Å². The first-order valence-electron chi connectivity index (χ1n) is 6.39. The smallest absolute Gasteiger partial charge is 0.414 e. The fraction of sp³-hybridized carbons (Fsp3) is 0.462. The maximum Gasteiger partial charge on any atom is 0.414 e. The summed E-state index contributed by atoms with van der Waals surface area (Å²) in [6, 6.07) is 4.37. The number of amides is 1. The summed E-state index contributed by atoms with van der Waals surface area (Å²) in [5.41, 5.74) is 0.813. The zero-order valence-corrected chi connectivity index (χ0v) is 12.4. The molecule has 21 heavy (non-hydrogen) atoms. The molecule has 0 aliphatic carbocycles. The van der Waals surface area contributed by atoms with E-state index >= 15 is 0 Å². The number of carbonyl (C=O) groups excluding carboxylic acids is 1. The normalized spacial score (nSPS) is 20.5. The molecule has 0 spiro atoms. The molecule has 0 bridgehead atoms. The van der Waals surface area contributed by atoms with Gasteiger partial charge in [-0.05, 0) is 31.5 Å². The van der Waals surface area contributed by atoms with Gasteiger partial charge in [-0.1, -0.05) is 6.07 Å². The molecule has 1 saturated heterocycles. The van der Waals surface area contributed by atoms with Gasteiger partial charge in [0.1, 0.15) is 11.9 Å². The first-order valence-corrected chi connectivity index (χ1v) is 7.89. The van der Waals surface area contributed by atoms with Crippen molar-refractivity contribution < 1.29 is 26.9 Å². The van der Waals surface area contributed by atoms with Crippen molar-refractivity contribution in [3.63, 3.8) is 0 Å². The van der Waals surface area contributed by atoms with Gasteiger partial charge in [0.25, 0.3) is 10.1 Å². The van der Waals surface area contributed by atoms with Crippen molar-refractivity contribution in [2.24, 2.45) is 0 Å². The Morgan fingerprint density at radius 2 is 2.19 bits per heavy atom. The third kappa shape index (κ3) is 3.51. The molecule has 1 aliphatic heterocycles.